The van der Waals surface area contributed by atoms with Crippen LogP contribution in [-0.2, 0) is 4.79 Å². The van der Waals surface area contributed by atoms with E-state index in [1.165, 1.54) is 24.3 Å². The number of Topliss-reactive ketones (excluding diaryl/α,β-unsaturated/α-hetero) is 1. The Morgan fingerprint density at radius 2 is 1.85 bits per heavy atom. The van der Waals surface area contributed by atoms with Gasteiger partial charge in [-0.05, 0) is 12.8 Å². The smallest absolute Gasteiger partial charge is 0.137 e. The van der Waals surface area contributed by atoms with E-state index in [1.807, 2.05) is 23.5 Å². The van der Waals surface area contributed by atoms with Crippen molar-refractivity contribution >= 4 is 29.3 Å². The molecular weight excluding hydrogens is 200 g/mol. The minimum Gasteiger partial charge on any atom is -0.299 e. The molecule has 0 aromatic rings. The fraction of sp³-hybridized carbons (Fsp3) is 0.900. The zero-order valence-corrected chi connectivity index (χ0v) is 9.46. The first-order valence-corrected chi connectivity index (χ1v) is 7.23. The van der Waals surface area contributed by atoms with Gasteiger partial charge in [0, 0.05) is 23.8 Å². The molecule has 0 N–H and O–H groups in total. The number of rotatable bonds is 1. The summed E-state index contributed by atoms with van der Waals surface area (Å²) in [6.45, 7) is 0. The third-order valence-corrected chi connectivity index (χ3v) is 6.10. The molecule has 0 radical (unpaired) electrons. The van der Waals surface area contributed by atoms with Crippen LogP contribution in [0.15, 0.2) is 0 Å². The van der Waals surface area contributed by atoms with Gasteiger partial charge in [0.05, 0.1) is 4.58 Å². The molecule has 3 heteroatoms. The molecule has 0 amide bonds. The Balaban J connectivity index is 1.97. The highest BCUT2D eigenvalue weighted by Gasteiger charge is 2.31. The molecule has 1 saturated carbocycles. The lowest BCUT2D eigenvalue weighted by Crippen LogP contribution is -2.21. The summed E-state index contributed by atoms with van der Waals surface area (Å²) in [6, 6.07) is 0. The molecule has 1 heterocycles. The van der Waals surface area contributed by atoms with E-state index in [2.05, 4.69) is 0 Å². The van der Waals surface area contributed by atoms with Crippen LogP contribution in [0.5, 0.6) is 0 Å². The highest BCUT2D eigenvalue weighted by Crippen LogP contribution is 2.41. The van der Waals surface area contributed by atoms with Crippen molar-refractivity contribution in [2.24, 2.45) is 5.92 Å². The molecule has 0 aromatic heterocycles. The molecule has 1 unspecified atom stereocenters. The molecule has 13 heavy (non-hydrogen) atoms. The molecule has 0 bridgehead atoms. The van der Waals surface area contributed by atoms with Crippen LogP contribution in [0.2, 0.25) is 0 Å². The van der Waals surface area contributed by atoms with Gasteiger partial charge in [0.2, 0.25) is 0 Å². The normalized spacial score (nSPS) is 32.0. The first-order valence-electron chi connectivity index (χ1n) is 5.14. The quantitative estimate of drug-likeness (QED) is 0.627. The van der Waals surface area contributed by atoms with E-state index < -0.39 is 0 Å². The van der Waals surface area contributed by atoms with Gasteiger partial charge < -0.3 is 0 Å². The van der Waals surface area contributed by atoms with Crippen LogP contribution >= 0.6 is 23.5 Å². The van der Waals surface area contributed by atoms with Crippen molar-refractivity contribution in [1.29, 1.82) is 0 Å². The highest BCUT2D eigenvalue weighted by atomic mass is 32.2. The second-order valence-electron chi connectivity index (χ2n) is 3.78. The number of hydrogen-bond donors (Lipinski definition) is 0. The standard InChI is InChI=1S/C10H16OS2/c11-9-5-3-1-2-4-8(9)10-12-6-7-13-10/h8,10H,1-7H2. The summed E-state index contributed by atoms with van der Waals surface area (Å²) < 4.78 is 0.602. The van der Waals surface area contributed by atoms with Crippen LogP contribution in [0.25, 0.3) is 0 Å². The van der Waals surface area contributed by atoms with Gasteiger partial charge in [-0.25, -0.2) is 0 Å². The van der Waals surface area contributed by atoms with Crippen LogP contribution < -0.4 is 0 Å². The van der Waals surface area contributed by atoms with Gasteiger partial charge in [0.1, 0.15) is 5.78 Å². The SMILES string of the molecule is O=C1CCCCCC1C1SCCS1. The lowest BCUT2D eigenvalue weighted by molar-refractivity contribution is -0.122. The molecule has 2 rings (SSSR count). The van der Waals surface area contributed by atoms with Crippen molar-refractivity contribution in [3.8, 4) is 0 Å². The predicted molar refractivity (Wildman–Crippen MR) is 60.3 cm³/mol. The molecule has 1 nitrogen and oxygen atoms in total. The fourth-order valence-corrected chi connectivity index (χ4v) is 5.32. The van der Waals surface area contributed by atoms with E-state index >= 15 is 0 Å². The van der Waals surface area contributed by atoms with Gasteiger partial charge in [-0.1, -0.05) is 12.8 Å². The number of thioether (sulfide) groups is 2. The topological polar surface area (TPSA) is 17.1 Å². The summed E-state index contributed by atoms with van der Waals surface area (Å²) in [6.07, 6.45) is 5.68. The molecule has 74 valence electrons. The zero-order valence-electron chi connectivity index (χ0n) is 7.83. The van der Waals surface area contributed by atoms with Gasteiger partial charge in [0.15, 0.2) is 0 Å². The van der Waals surface area contributed by atoms with Crippen LogP contribution in [0.1, 0.15) is 32.1 Å². The molecule has 1 aliphatic carbocycles. The zero-order chi connectivity index (χ0) is 9.10. The van der Waals surface area contributed by atoms with Gasteiger partial charge >= 0.3 is 0 Å². The van der Waals surface area contributed by atoms with E-state index in [9.17, 15) is 4.79 Å². The summed E-state index contributed by atoms with van der Waals surface area (Å²) in [5.74, 6) is 3.43. The molecule has 0 aromatic carbocycles. The maximum absolute atomic E-state index is 11.8. The Kier molecular flexibility index (Phi) is 3.61. The van der Waals surface area contributed by atoms with Gasteiger partial charge in [-0.15, -0.1) is 23.5 Å². The molecule has 1 saturated heterocycles. The van der Waals surface area contributed by atoms with E-state index in [0.29, 0.717) is 16.3 Å². The number of carbonyl (C=O) groups excluding carboxylic acids is 1. The summed E-state index contributed by atoms with van der Waals surface area (Å²) >= 11 is 4.01. The predicted octanol–water partition coefficient (Wildman–Crippen LogP) is 2.94. The monoisotopic (exact) mass is 216 g/mol. The van der Waals surface area contributed by atoms with Crippen LogP contribution in [0, 0.1) is 5.92 Å². The summed E-state index contributed by atoms with van der Waals surface area (Å²) in [4.78, 5) is 11.8. The third-order valence-electron chi connectivity index (χ3n) is 2.83. The fourth-order valence-electron chi connectivity index (χ4n) is 2.08. The molecule has 2 fully saturated rings. The molecule has 2 aliphatic rings. The van der Waals surface area contributed by atoms with E-state index in [4.69, 9.17) is 0 Å². The Labute approximate surface area is 88.4 Å². The Morgan fingerprint density at radius 3 is 2.62 bits per heavy atom. The van der Waals surface area contributed by atoms with Crippen molar-refractivity contribution in [3.05, 3.63) is 0 Å². The van der Waals surface area contributed by atoms with Crippen LogP contribution in [0.4, 0.5) is 0 Å². The average Bonchev–Trinajstić information content (AvgIpc) is 2.56. The van der Waals surface area contributed by atoms with Crippen LogP contribution in [0.3, 0.4) is 0 Å². The number of carbonyl (C=O) groups is 1. The van der Waals surface area contributed by atoms with Crippen LogP contribution in [-0.4, -0.2) is 21.9 Å². The van der Waals surface area contributed by atoms with Crippen molar-refractivity contribution in [1.82, 2.24) is 0 Å². The largest absolute Gasteiger partial charge is 0.299 e. The molecular formula is C10H16OS2. The second-order valence-corrected chi connectivity index (χ2v) is 6.58. The van der Waals surface area contributed by atoms with Gasteiger partial charge in [-0.3, -0.25) is 4.79 Å². The summed E-state index contributed by atoms with van der Waals surface area (Å²) in [7, 11) is 0. The van der Waals surface area contributed by atoms with Gasteiger partial charge in [0.25, 0.3) is 0 Å². The Hall–Kier alpha value is 0.370. The number of ketones is 1. The molecule has 1 aliphatic heterocycles. The van der Waals surface area contributed by atoms with E-state index in [1.54, 1.807) is 0 Å². The van der Waals surface area contributed by atoms with Gasteiger partial charge in [-0.2, -0.15) is 0 Å². The van der Waals surface area contributed by atoms with E-state index in [-0.39, 0.29) is 0 Å². The third kappa shape index (κ3) is 2.44. The summed E-state index contributed by atoms with van der Waals surface area (Å²) in [5, 5.41) is 0. The lowest BCUT2D eigenvalue weighted by atomic mass is 10.0. The average molecular weight is 216 g/mol. The molecule has 1 atom stereocenters. The Morgan fingerprint density at radius 1 is 1.08 bits per heavy atom. The van der Waals surface area contributed by atoms with Crippen molar-refractivity contribution in [2.45, 2.75) is 36.7 Å². The van der Waals surface area contributed by atoms with E-state index in [0.717, 1.165) is 19.3 Å². The first-order chi connectivity index (χ1) is 6.38. The van der Waals surface area contributed by atoms with Crippen molar-refractivity contribution in [2.75, 3.05) is 11.5 Å². The Bertz CT molecular complexity index is 187. The summed E-state index contributed by atoms with van der Waals surface area (Å²) in [5.41, 5.74) is 0. The minimum absolute atomic E-state index is 0.389. The maximum atomic E-state index is 11.8. The maximum Gasteiger partial charge on any atom is 0.137 e. The number of hydrogen-bond acceptors (Lipinski definition) is 3. The van der Waals surface area contributed by atoms with Crippen molar-refractivity contribution in [3.63, 3.8) is 0 Å². The molecule has 0 spiro atoms. The minimum atomic E-state index is 0.389. The second kappa shape index (κ2) is 4.74. The first kappa shape index (κ1) is 9.91. The van der Waals surface area contributed by atoms with Crippen molar-refractivity contribution < 1.29 is 4.79 Å². The lowest BCUT2D eigenvalue weighted by Gasteiger charge is -2.18. The highest BCUT2D eigenvalue weighted by molar-refractivity contribution is 8.20.